The number of carbonyl (C=O) groups is 5. The van der Waals surface area contributed by atoms with Crippen LogP contribution >= 0.6 is 11.6 Å². The molecule has 520 valence electrons. The van der Waals surface area contributed by atoms with Crippen molar-refractivity contribution in [2.45, 2.75) is 85.5 Å². The number of halogens is 4. The van der Waals surface area contributed by atoms with E-state index in [-0.39, 0.29) is 104 Å². The lowest BCUT2D eigenvalue weighted by molar-refractivity contribution is 0.0678. The van der Waals surface area contributed by atoms with E-state index in [1.54, 1.807) is 103 Å². The SMILES string of the molecule is CN1C(=O)c2cc3nc(-c4c(Cl)cc[nH]c4=O)[nH]c3cc2C1=O.Cc1ccc(F)cc1CC(C)N.Cc1ccc(F)cc1CC(C)Nc1cc[nH]c(=O)c1-c1nc2cc3c(cc2[nH]1)C(=O)N(C)C3=O.Cc1ccc(F)cc1CC(C)Nc1cc[nH]c(=O)c1-c1nc2cc3c(cc2[nH]1)CN(C)C3=O. The molecule has 3 unspecified atom stereocenters. The van der Waals surface area contributed by atoms with Gasteiger partial charge in [-0.1, -0.05) is 29.8 Å². The molecule has 3 atom stereocenters. The molecule has 0 saturated carbocycles. The van der Waals surface area contributed by atoms with Crippen molar-refractivity contribution in [3.05, 3.63) is 248 Å². The highest BCUT2D eigenvalue weighted by molar-refractivity contribution is 6.33. The number of benzene rings is 6. The summed E-state index contributed by atoms with van der Waals surface area (Å²) >= 11 is 6.06. The molecule has 6 aromatic heterocycles. The van der Waals surface area contributed by atoms with Crippen LogP contribution in [0.1, 0.15) is 112 Å². The lowest BCUT2D eigenvalue weighted by Crippen LogP contribution is -2.24. The van der Waals surface area contributed by atoms with Crippen LogP contribution < -0.4 is 33.0 Å². The number of aromatic nitrogens is 9. The summed E-state index contributed by atoms with van der Waals surface area (Å²) in [5.74, 6) is -1.24. The lowest BCUT2D eigenvalue weighted by atomic mass is 10.0. The second-order valence-corrected chi connectivity index (χ2v) is 26.1. The van der Waals surface area contributed by atoms with Crippen LogP contribution in [0.25, 0.3) is 67.3 Å². The van der Waals surface area contributed by atoms with Crippen molar-refractivity contribution in [1.29, 1.82) is 0 Å². The molecule has 12 aromatic rings. The highest BCUT2D eigenvalue weighted by Gasteiger charge is 2.36. The van der Waals surface area contributed by atoms with Crippen LogP contribution in [0.15, 0.2) is 142 Å². The number of hydrogen-bond acceptors (Lipinski definition) is 14. The molecule has 0 saturated heterocycles. The molecule has 3 aliphatic rings. The second-order valence-electron chi connectivity index (χ2n) is 25.7. The van der Waals surface area contributed by atoms with Crippen LogP contribution in [0.5, 0.6) is 0 Å². The van der Waals surface area contributed by atoms with Gasteiger partial charge in [-0.25, -0.2) is 28.1 Å². The average molecular weight is 1400 g/mol. The maximum atomic E-state index is 13.7. The molecule has 27 heteroatoms. The van der Waals surface area contributed by atoms with Crippen LogP contribution in [0, 0.1) is 38.2 Å². The van der Waals surface area contributed by atoms with Gasteiger partial charge in [0, 0.05) is 70.0 Å². The van der Waals surface area contributed by atoms with Crippen molar-refractivity contribution < 1.29 is 37.1 Å². The Labute approximate surface area is 584 Å². The fourth-order valence-electron chi connectivity index (χ4n) is 12.6. The third-order valence-electron chi connectivity index (χ3n) is 17.9. The normalized spacial score (nSPS) is 13.9. The standard InChI is InChI=1S/C25H22FN5O3.C25H24FN5O2.C15H9ClN4O3.C10H14FN/c1-12-4-5-15(26)9-14(12)8-13(2)28-18-6-7-27-23(32)21(18)22-29-19-10-16-17(11-20(19)30-22)25(34)31(3)24(16)33;1-13-4-5-17(26)9-15(13)8-14(2)28-19-6-7-27-24(32)22(19)23-29-20-10-16-12-31(3)25(33)18(16)11-21(20)30-23;1-20-14(22)6-4-9-10(5-7(6)15(20)23)19-12(18-9)11-8(16)2-3-17-13(11)21;1-7-3-4-10(11)6-9(7)5-8(2)12/h4-7,9-11,13H,8H2,1-3H3,(H,29,30)(H2,27,28,32);4-7,9-11,14H,8,12H2,1-3H3,(H,29,30)(H2,27,28,32);2-5H,1H3,(H,17,21)(H,18,19);3-4,6,8H,5,12H2,1-2H3. The van der Waals surface area contributed by atoms with Gasteiger partial charge in [-0.15, -0.1) is 0 Å². The number of nitrogens with one attached hydrogen (secondary N) is 8. The maximum absolute atomic E-state index is 13.7. The minimum Gasteiger partial charge on any atom is -0.381 e. The number of pyridine rings is 3. The molecular formula is C75H69ClF3N15O8. The first kappa shape index (κ1) is 69.9. The van der Waals surface area contributed by atoms with Crippen molar-refractivity contribution in [3.8, 4) is 34.2 Å². The minimum atomic E-state index is -0.382. The van der Waals surface area contributed by atoms with Gasteiger partial charge in [0.1, 0.15) is 51.6 Å². The van der Waals surface area contributed by atoms with Gasteiger partial charge in [-0.3, -0.25) is 48.2 Å². The Morgan fingerprint density at radius 3 is 1.22 bits per heavy atom. The molecule has 102 heavy (non-hydrogen) atoms. The summed E-state index contributed by atoms with van der Waals surface area (Å²) in [6.45, 7) is 12.3. The van der Waals surface area contributed by atoms with E-state index in [4.69, 9.17) is 17.3 Å². The second kappa shape index (κ2) is 28.3. The number of aryl methyl sites for hydroxylation is 3. The third-order valence-corrected chi connectivity index (χ3v) is 18.3. The van der Waals surface area contributed by atoms with E-state index in [1.807, 2.05) is 47.6 Å². The number of rotatable bonds is 13. The Morgan fingerprint density at radius 2 is 0.814 bits per heavy atom. The largest absolute Gasteiger partial charge is 0.381 e. The predicted octanol–water partition coefficient (Wildman–Crippen LogP) is 11.5. The molecule has 23 nitrogen and oxygen atoms in total. The number of nitrogens with zero attached hydrogens (tertiary/aromatic N) is 6. The zero-order valence-corrected chi connectivity index (χ0v) is 57.5. The van der Waals surface area contributed by atoms with E-state index in [9.17, 15) is 51.5 Å². The Bertz CT molecular complexity index is 5490. The minimum absolute atomic E-state index is 0.0298. The third kappa shape index (κ3) is 14.1. The van der Waals surface area contributed by atoms with Crippen LogP contribution in [-0.2, 0) is 25.8 Å². The van der Waals surface area contributed by atoms with Crippen molar-refractivity contribution in [2.75, 3.05) is 31.8 Å². The average Bonchev–Trinajstić information content (AvgIpc) is 1.62. The number of aromatic amines is 6. The number of nitrogens with two attached hydrogens (primary N) is 1. The van der Waals surface area contributed by atoms with Crippen LogP contribution in [0.2, 0.25) is 5.02 Å². The van der Waals surface area contributed by atoms with E-state index >= 15 is 0 Å². The Balaban J connectivity index is 0.000000135. The fraction of sp³-hybridized carbons (Fsp3) is 0.213. The summed E-state index contributed by atoms with van der Waals surface area (Å²) in [4.78, 5) is 133. The van der Waals surface area contributed by atoms with Crippen molar-refractivity contribution in [1.82, 2.24) is 59.6 Å². The highest BCUT2D eigenvalue weighted by atomic mass is 35.5. The fourth-order valence-corrected chi connectivity index (χ4v) is 12.8. The summed E-state index contributed by atoms with van der Waals surface area (Å²) in [7, 11) is 4.64. The van der Waals surface area contributed by atoms with E-state index in [1.165, 1.54) is 44.6 Å². The van der Waals surface area contributed by atoms with Gasteiger partial charge in [0.05, 0.1) is 71.8 Å². The smallest absolute Gasteiger partial charge is 0.261 e. The van der Waals surface area contributed by atoms with Gasteiger partial charge in [-0.2, -0.15) is 0 Å². The summed E-state index contributed by atoms with van der Waals surface area (Å²) in [6.07, 6.45) is 6.46. The summed E-state index contributed by atoms with van der Waals surface area (Å²) < 4.78 is 40.1. The molecule has 10 N–H and O–H groups in total. The molecule has 3 aliphatic heterocycles. The zero-order chi connectivity index (χ0) is 72.9. The molecule has 0 spiro atoms. The van der Waals surface area contributed by atoms with E-state index in [0.717, 1.165) is 60.7 Å². The number of imide groups is 2. The van der Waals surface area contributed by atoms with Crippen molar-refractivity contribution in [3.63, 3.8) is 0 Å². The summed E-state index contributed by atoms with van der Waals surface area (Å²) in [6, 6.07) is 29.2. The van der Waals surface area contributed by atoms with Gasteiger partial charge >= 0.3 is 0 Å². The number of carbonyl (C=O) groups excluding carboxylic acids is 5. The van der Waals surface area contributed by atoms with Crippen LogP contribution in [-0.4, -0.2) is 128 Å². The Morgan fingerprint density at radius 1 is 0.461 bits per heavy atom. The Kier molecular flexibility index (Phi) is 19.4. The molecule has 0 aliphatic carbocycles. The number of hydrogen-bond donors (Lipinski definition) is 9. The van der Waals surface area contributed by atoms with E-state index in [0.29, 0.717) is 103 Å². The molecule has 0 radical (unpaired) electrons. The number of fused-ring (bicyclic) bond motifs is 6. The van der Waals surface area contributed by atoms with Crippen molar-refractivity contribution >= 4 is 85.6 Å². The predicted molar refractivity (Wildman–Crippen MR) is 384 cm³/mol. The summed E-state index contributed by atoms with van der Waals surface area (Å²) in [5, 5.41) is 6.98. The molecule has 15 rings (SSSR count). The Hall–Kier alpha value is -12.0. The zero-order valence-electron chi connectivity index (χ0n) is 56.7. The molecule has 6 aromatic carbocycles. The number of anilines is 2. The lowest BCUT2D eigenvalue weighted by Gasteiger charge is -2.18. The topological polar surface area (TPSA) is 330 Å². The highest BCUT2D eigenvalue weighted by Crippen LogP contribution is 2.34. The molecule has 0 bridgehead atoms. The molecule has 0 fully saturated rings. The maximum Gasteiger partial charge on any atom is 0.261 e. The van der Waals surface area contributed by atoms with Gasteiger partial charge in [0.2, 0.25) is 0 Å². The monoisotopic (exact) mass is 1400 g/mol. The number of H-pyrrole nitrogens is 6. The van der Waals surface area contributed by atoms with Gasteiger partial charge in [0.25, 0.3) is 46.2 Å². The van der Waals surface area contributed by atoms with Gasteiger partial charge < -0.3 is 51.2 Å². The summed E-state index contributed by atoms with van der Waals surface area (Å²) in [5.41, 5.74) is 18.8. The van der Waals surface area contributed by atoms with Crippen LogP contribution in [0.4, 0.5) is 24.5 Å². The van der Waals surface area contributed by atoms with Gasteiger partial charge in [-0.05, 0) is 191 Å². The van der Waals surface area contributed by atoms with Gasteiger partial charge in [0.15, 0.2) is 0 Å². The first-order valence-corrected chi connectivity index (χ1v) is 32.8. The first-order chi connectivity index (χ1) is 48.6. The van der Waals surface area contributed by atoms with E-state index < -0.39 is 0 Å². The van der Waals surface area contributed by atoms with Crippen LogP contribution in [0.3, 0.4) is 0 Å². The number of amides is 5. The molecule has 5 amide bonds. The first-order valence-electron chi connectivity index (χ1n) is 32.4. The number of imidazole rings is 3. The molecular weight excluding hydrogens is 1330 g/mol. The quantitative estimate of drug-likeness (QED) is 0.0485. The van der Waals surface area contributed by atoms with Crippen molar-refractivity contribution in [2.24, 2.45) is 5.73 Å². The van der Waals surface area contributed by atoms with E-state index in [2.05, 4.69) is 55.5 Å². The molecule has 9 heterocycles.